The minimum Gasteiger partial charge on any atom is -0.494 e. The highest BCUT2D eigenvalue weighted by molar-refractivity contribution is 5.95. The lowest BCUT2D eigenvalue weighted by molar-refractivity contribution is 0.0955. The van der Waals surface area contributed by atoms with Gasteiger partial charge in [-0.2, -0.15) is 5.10 Å². The van der Waals surface area contributed by atoms with Gasteiger partial charge in [-0.05, 0) is 60.4 Å². The van der Waals surface area contributed by atoms with E-state index in [2.05, 4.69) is 24.4 Å². The number of rotatable bonds is 9. The Morgan fingerprint density at radius 3 is 2.41 bits per heavy atom. The number of nitrogens with zero attached hydrogens (tertiary/aromatic N) is 1. The molecule has 0 saturated carbocycles. The Kier molecular flexibility index (Phi) is 7.67. The number of benzene rings is 2. The summed E-state index contributed by atoms with van der Waals surface area (Å²) in [5.74, 6) is 2.29. The molecule has 0 aliphatic heterocycles. The van der Waals surface area contributed by atoms with Gasteiger partial charge in [0.2, 0.25) is 0 Å². The van der Waals surface area contributed by atoms with Crippen LogP contribution in [0.4, 0.5) is 0 Å². The molecule has 144 valence electrons. The molecular weight excluding hydrogens is 344 g/mol. The van der Waals surface area contributed by atoms with Crippen LogP contribution in [0.15, 0.2) is 47.6 Å². The van der Waals surface area contributed by atoms with E-state index in [1.165, 1.54) is 0 Å². The monoisotopic (exact) mass is 370 g/mol. The van der Waals surface area contributed by atoms with Crippen LogP contribution in [-0.4, -0.2) is 32.9 Å². The van der Waals surface area contributed by atoms with Gasteiger partial charge in [-0.25, -0.2) is 5.43 Å². The molecule has 6 nitrogen and oxygen atoms in total. The van der Waals surface area contributed by atoms with Gasteiger partial charge in [-0.3, -0.25) is 4.79 Å². The van der Waals surface area contributed by atoms with Gasteiger partial charge < -0.3 is 14.2 Å². The van der Waals surface area contributed by atoms with E-state index in [1.807, 2.05) is 6.07 Å². The van der Waals surface area contributed by atoms with E-state index in [1.54, 1.807) is 56.8 Å². The van der Waals surface area contributed by atoms with Crippen molar-refractivity contribution in [2.45, 2.75) is 20.3 Å². The predicted octanol–water partition coefficient (Wildman–Crippen LogP) is 3.89. The molecule has 27 heavy (non-hydrogen) atoms. The largest absolute Gasteiger partial charge is 0.494 e. The number of methoxy groups -OCH3 is 2. The quantitative estimate of drug-likeness (QED) is 0.537. The molecule has 1 amide bonds. The number of hydrogen-bond acceptors (Lipinski definition) is 5. The molecule has 0 unspecified atom stereocenters. The zero-order chi connectivity index (χ0) is 19.6. The molecule has 0 radical (unpaired) electrons. The predicted molar refractivity (Wildman–Crippen MR) is 106 cm³/mol. The van der Waals surface area contributed by atoms with Crippen LogP contribution in [0.1, 0.15) is 36.2 Å². The van der Waals surface area contributed by atoms with Crippen LogP contribution < -0.4 is 19.6 Å². The zero-order valence-electron chi connectivity index (χ0n) is 16.2. The summed E-state index contributed by atoms with van der Waals surface area (Å²) >= 11 is 0. The Labute approximate surface area is 160 Å². The third kappa shape index (κ3) is 6.33. The lowest BCUT2D eigenvalue weighted by atomic mass is 10.1. The summed E-state index contributed by atoms with van der Waals surface area (Å²) in [6.45, 7) is 4.97. The van der Waals surface area contributed by atoms with E-state index in [-0.39, 0.29) is 5.91 Å². The van der Waals surface area contributed by atoms with Gasteiger partial charge >= 0.3 is 0 Å². The molecule has 1 N–H and O–H groups in total. The molecule has 0 fully saturated rings. The van der Waals surface area contributed by atoms with E-state index in [0.717, 1.165) is 17.7 Å². The third-order valence-electron chi connectivity index (χ3n) is 3.87. The first kappa shape index (κ1) is 20.3. The van der Waals surface area contributed by atoms with Crippen molar-refractivity contribution in [2.75, 3.05) is 20.8 Å². The second-order valence-electron chi connectivity index (χ2n) is 6.37. The van der Waals surface area contributed by atoms with Crippen LogP contribution in [0.25, 0.3) is 0 Å². The lowest BCUT2D eigenvalue weighted by Crippen LogP contribution is -2.17. The van der Waals surface area contributed by atoms with E-state index in [4.69, 9.17) is 14.2 Å². The molecule has 0 aliphatic carbocycles. The van der Waals surface area contributed by atoms with Crippen LogP contribution in [-0.2, 0) is 0 Å². The van der Waals surface area contributed by atoms with Gasteiger partial charge in [0.05, 0.1) is 27.0 Å². The maximum Gasteiger partial charge on any atom is 0.271 e. The van der Waals surface area contributed by atoms with Gasteiger partial charge in [0.1, 0.15) is 5.75 Å². The van der Waals surface area contributed by atoms with Gasteiger partial charge in [-0.15, -0.1) is 0 Å². The standard InChI is InChI=1S/C21H26N2O4/c1-15(2)11-12-27-18-8-6-17(7-9-18)21(24)23-22-14-16-5-10-19(25-3)20(13-16)26-4/h5-10,13-15H,11-12H2,1-4H3,(H,23,24). The van der Waals surface area contributed by atoms with E-state index >= 15 is 0 Å². The zero-order valence-corrected chi connectivity index (χ0v) is 16.2. The van der Waals surface area contributed by atoms with Crippen molar-refractivity contribution in [3.8, 4) is 17.2 Å². The maximum absolute atomic E-state index is 12.2. The normalized spacial score (nSPS) is 10.9. The van der Waals surface area contributed by atoms with E-state index in [0.29, 0.717) is 29.6 Å². The summed E-state index contributed by atoms with van der Waals surface area (Å²) in [7, 11) is 3.14. The summed E-state index contributed by atoms with van der Waals surface area (Å²) in [6, 6.07) is 12.4. The van der Waals surface area contributed by atoms with Crippen molar-refractivity contribution in [3.05, 3.63) is 53.6 Å². The SMILES string of the molecule is COc1ccc(C=NNC(=O)c2ccc(OCCC(C)C)cc2)cc1OC. The first-order chi connectivity index (χ1) is 13.0. The Hall–Kier alpha value is -3.02. The number of carbonyl (C=O) groups excluding carboxylic acids is 1. The average Bonchev–Trinajstić information content (AvgIpc) is 2.68. The van der Waals surface area contributed by atoms with Crippen LogP contribution in [0.5, 0.6) is 17.2 Å². The van der Waals surface area contributed by atoms with Gasteiger partial charge in [0.25, 0.3) is 5.91 Å². The fourth-order valence-corrected chi connectivity index (χ4v) is 2.28. The number of ether oxygens (including phenoxy) is 3. The highest BCUT2D eigenvalue weighted by Gasteiger charge is 2.06. The number of hydrazone groups is 1. The first-order valence-electron chi connectivity index (χ1n) is 8.81. The summed E-state index contributed by atoms with van der Waals surface area (Å²) in [4.78, 5) is 12.2. The van der Waals surface area contributed by atoms with Crippen molar-refractivity contribution in [1.29, 1.82) is 0 Å². The average molecular weight is 370 g/mol. The number of hydrogen-bond donors (Lipinski definition) is 1. The Bertz CT molecular complexity index is 770. The molecule has 2 aromatic carbocycles. The number of amides is 1. The molecule has 6 heteroatoms. The van der Waals surface area contributed by atoms with Crippen LogP contribution in [0.3, 0.4) is 0 Å². The van der Waals surface area contributed by atoms with Crippen molar-refractivity contribution in [3.63, 3.8) is 0 Å². The fourth-order valence-electron chi connectivity index (χ4n) is 2.28. The van der Waals surface area contributed by atoms with Crippen LogP contribution >= 0.6 is 0 Å². The Morgan fingerprint density at radius 1 is 1.07 bits per heavy atom. The summed E-state index contributed by atoms with van der Waals surface area (Å²) in [5.41, 5.74) is 3.80. The van der Waals surface area contributed by atoms with Gasteiger partial charge in [-0.1, -0.05) is 13.8 Å². The molecule has 2 rings (SSSR count). The molecular formula is C21H26N2O4. The molecule has 2 aromatic rings. The molecule has 0 heterocycles. The van der Waals surface area contributed by atoms with E-state index < -0.39 is 0 Å². The van der Waals surface area contributed by atoms with E-state index in [9.17, 15) is 4.79 Å². The van der Waals surface area contributed by atoms with Gasteiger partial charge in [0.15, 0.2) is 11.5 Å². The van der Waals surface area contributed by atoms with Crippen molar-refractivity contribution >= 4 is 12.1 Å². The molecule has 0 spiro atoms. The summed E-state index contributed by atoms with van der Waals surface area (Å²) < 4.78 is 16.1. The molecule has 0 bridgehead atoms. The lowest BCUT2D eigenvalue weighted by Gasteiger charge is -2.08. The Balaban J connectivity index is 1.90. The van der Waals surface area contributed by atoms with Crippen molar-refractivity contribution in [2.24, 2.45) is 11.0 Å². The number of nitrogens with one attached hydrogen (secondary N) is 1. The molecule has 0 aliphatic rings. The van der Waals surface area contributed by atoms with Gasteiger partial charge in [0, 0.05) is 5.56 Å². The highest BCUT2D eigenvalue weighted by atomic mass is 16.5. The maximum atomic E-state index is 12.2. The smallest absolute Gasteiger partial charge is 0.271 e. The molecule has 0 saturated heterocycles. The van der Waals surface area contributed by atoms with Crippen molar-refractivity contribution in [1.82, 2.24) is 5.43 Å². The number of carbonyl (C=O) groups is 1. The minimum atomic E-state index is -0.291. The van der Waals surface area contributed by atoms with Crippen molar-refractivity contribution < 1.29 is 19.0 Å². The topological polar surface area (TPSA) is 69.2 Å². The molecule has 0 aromatic heterocycles. The third-order valence-corrected chi connectivity index (χ3v) is 3.87. The molecule has 0 atom stereocenters. The fraction of sp³-hybridized carbons (Fsp3) is 0.333. The second-order valence-corrected chi connectivity index (χ2v) is 6.37. The first-order valence-corrected chi connectivity index (χ1v) is 8.81. The van der Waals surface area contributed by atoms with Crippen LogP contribution in [0, 0.1) is 5.92 Å². The Morgan fingerprint density at radius 2 is 1.78 bits per heavy atom. The van der Waals surface area contributed by atoms with Crippen LogP contribution in [0.2, 0.25) is 0 Å². The minimum absolute atomic E-state index is 0.291. The summed E-state index contributed by atoms with van der Waals surface area (Å²) in [5, 5.41) is 3.99. The highest BCUT2D eigenvalue weighted by Crippen LogP contribution is 2.26. The second kappa shape index (κ2) is 10.2. The summed E-state index contributed by atoms with van der Waals surface area (Å²) in [6.07, 6.45) is 2.54.